The minimum absolute atomic E-state index is 0.0422. The van der Waals surface area contributed by atoms with Gasteiger partial charge in [0.15, 0.2) is 0 Å². The standard InChI is InChI=1S/C19H26N2O3/c1-12(2)13(3)20-19(22)10-16-6-8-17(9-7-16)23-11-18-14(4)21-24-15(18)5/h6-9,12-13H,10-11H2,1-5H3,(H,20,22)/t13-/m0/s1. The number of amides is 1. The Labute approximate surface area is 143 Å². The molecule has 1 N–H and O–H groups in total. The van der Waals surface area contributed by atoms with Gasteiger partial charge in [0, 0.05) is 6.04 Å². The number of carbonyl (C=O) groups excluding carboxylic acids is 1. The Bertz CT molecular complexity index is 655. The van der Waals surface area contributed by atoms with E-state index in [0.29, 0.717) is 18.9 Å². The minimum Gasteiger partial charge on any atom is -0.489 e. The van der Waals surface area contributed by atoms with Gasteiger partial charge in [-0.25, -0.2) is 0 Å². The highest BCUT2D eigenvalue weighted by Crippen LogP contribution is 2.18. The molecule has 1 amide bonds. The molecule has 0 aliphatic heterocycles. The molecule has 0 unspecified atom stereocenters. The van der Waals surface area contributed by atoms with Gasteiger partial charge in [0.25, 0.3) is 0 Å². The SMILES string of the molecule is Cc1noc(C)c1COc1ccc(CC(=O)N[C@@H](C)C(C)C)cc1. The lowest BCUT2D eigenvalue weighted by Gasteiger charge is -2.17. The third-order valence-electron chi connectivity index (χ3n) is 4.24. The van der Waals surface area contributed by atoms with Crippen molar-refractivity contribution < 1.29 is 14.1 Å². The summed E-state index contributed by atoms with van der Waals surface area (Å²) in [5.74, 6) is 2.00. The zero-order valence-electron chi connectivity index (χ0n) is 15.1. The number of nitrogens with one attached hydrogen (secondary N) is 1. The maximum Gasteiger partial charge on any atom is 0.224 e. The van der Waals surface area contributed by atoms with Crippen LogP contribution in [0.4, 0.5) is 0 Å². The van der Waals surface area contributed by atoms with Crippen LogP contribution >= 0.6 is 0 Å². The Morgan fingerprint density at radius 2 is 1.88 bits per heavy atom. The number of aromatic nitrogens is 1. The number of hydrogen-bond acceptors (Lipinski definition) is 4. The zero-order valence-corrected chi connectivity index (χ0v) is 15.1. The predicted molar refractivity (Wildman–Crippen MR) is 92.9 cm³/mol. The number of nitrogens with zero attached hydrogens (tertiary/aromatic N) is 1. The Balaban J connectivity index is 1.88. The van der Waals surface area contributed by atoms with Crippen molar-refractivity contribution in [2.24, 2.45) is 5.92 Å². The van der Waals surface area contributed by atoms with Crippen molar-refractivity contribution in [3.05, 3.63) is 46.8 Å². The van der Waals surface area contributed by atoms with E-state index in [1.54, 1.807) is 0 Å². The summed E-state index contributed by atoms with van der Waals surface area (Å²) in [6.45, 7) is 10.4. The van der Waals surface area contributed by atoms with Gasteiger partial charge in [-0.2, -0.15) is 0 Å². The topological polar surface area (TPSA) is 64.4 Å². The molecule has 24 heavy (non-hydrogen) atoms. The van der Waals surface area contributed by atoms with Crippen molar-refractivity contribution in [1.29, 1.82) is 0 Å². The van der Waals surface area contributed by atoms with E-state index < -0.39 is 0 Å². The second-order valence-electron chi connectivity index (χ2n) is 6.51. The maximum atomic E-state index is 12.0. The lowest BCUT2D eigenvalue weighted by atomic mass is 10.1. The van der Waals surface area contributed by atoms with E-state index in [2.05, 4.69) is 24.3 Å². The summed E-state index contributed by atoms with van der Waals surface area (Å²) in [7, 11) is 0. The van der Waals surface area contributed by atoms with Crippen molar-refractivity contribution in [3.8, 4) is 5.75 Å². The van der Waals surface area contributed by atoms with Gasteiger partial charge in [0.2, 0.25) is 5.91 Å². The highest BCUT2D eigenvalue weighted by atomic mass is 16.5. The highest BCUT2D eigenvalue weighted by Gasteiger charge is 2.12. The third-order valence-corrected chi connectivity index (χ3v) is 4.24. The first-order valence-corrected chi connectivity index (χ1v) is 8.29. The summed E-state index contributed by atoms with van der Waals surface area (Å²) in [4.78, 5) is 12.0. The Morgan fingerprint density at radius 1 is 1.21 bits per heavy atom. The van der Waals surface area contributed by atoms with Gasteiger partial charge in [-0.3, -0.25) is 4.79 Å². The molecule has 0 saturated heterocycles. The molecule has 0 bridgehead atoms. The van der Waals surface area contributed by atoms with E-state index in [9.17, 15) is 4.79 Å². The average molecular weight is 330 g/mol. The fraction of sp³-hybridized carbons (Fsp3) is 0.474. The number of rotatable bonds is 7. The molecule has 0 aliphatic carbocycles. The van der Waals surface area contributed by atoms with Gasteiger partial charge in [-0.05, 0) is 44.4 Å². The molecule has 0 fully saturated rings. The third kappa shape index (κ3) is 4.85. The van der Waals surface area contributed by atoms with E-state index in [1.165, 1.54) is 0 Å². The lowest BCUT2D eigenvalue weighted by molar-refractivity contribution is -0.121. The zero-order chi connectivity index (χ0) is 17.7. The fourth-order valence-electron chi connectivity index (χ4n) is 2.22. The summed E-state index contributed by atoms with van der Waals surface area (Å²) >= 11 is 0. The van der Waals surface area contributed by atoms with Crippen LogP contribution in [0, 0.1) is 19.8 Å². The molecule has 2 rings (SSSR count). The maximum absolute atomic E-state index is 12.0. The molecular weight excluding hydrogens is 304 g/mol. The quantitative estimate of drug-likeness (QED) is 0.843. The lowest BCUT2D eigenvalue weighted by Crippen LogP contribution is -2.37. The molecule has 2 aromatic rings. The molecule has 0 spiro atoms. The first-order valence-electron chi connectivity index (χ1n) is 8.29. The van der Waals surface area contributed by atoms with Crippen LogP contribution in [-0.4, -0.2) is 17.1 Å². The van der Waals surface area contributed by atoms with Gasteiger partial charge in [0.05, 0.1) is 17.7 Å². The van der Waals surface area contributed by atoms with Crippen LogP contribution in [0.2, 0.25) is 0 Å². The molecule has 0 aliphatic rings. The molecule has 0 radical (unpaired) electrons. The summed E-state index contributed by atoms with van der Waals surface area (Å²) < 4.78 is 10.9. The number of benzene rings is 1. The van der Waals surface area contributed by atoms with Crippen LogP contribution < -0.4 is 10.1 Å². The Kier molecular flexibility index (Phi) is 6.01. The average Bonchev–Trinajstić information content (AvgIpc) is 2.85. The van der Waals surface area contributed by atoms with Crippen LogP contribution in [0.5, 0.6) is 5.75 Å². The predicted octanol–water partition coefficient (Wildman–Crippen LogP) is 3.57. The van der Waals surface area contributed by atoms with E-state index in [-0.39, 0.29) is 11.9 Å². The summed E-state index contributed by atoms with van der Waals surface area (Å²) in [6.07, 6.45) is 0.376. The summed E-state index contributed by atoms with van der Waals surface area (Å²) in [6, 6.07) is 7.78. The van der Waals surface area contributed by atoms with Crippen molar-refractivity contribution in [2.45, 2.75) is 53.7 Å². The van der Waals surface area contributed by atoms with E-state index >= 15 is 0 Å². The molecule has 0 saturated carbocycles. The van der Waals surface area contributed by atoms with Crippen molar-refractivity contribution in [1.82, 2.24) is 10.5 Å². The van der Waals surface area contributed by atoms with Gasteiger partial charge in [0.1, 0.15) is 18.1 Å². The van der Waals surface area contributed by atoms with Crippen LogP contribution in [0.1, 0.15) is 43.4 Å². The molecule has 1 aromatic heterocycles. The van der Waals surface area contributed by atoms with Crippen molar-refractivity contribution in [2.75, 3.05) is 0 Å². The number of ether oxygens (including phenoxy) is 1. The summed E-state index contributed by atoms with van der Waals surface area (Å²) in [5.41, 5.74) is 2.79. The van der Waals surface area contributed by atoms with Gasteiger partial charge in [-0.1, -0.05) is 31.1 Å². The normalized spacial score (nSPS) is 12.2. The highest BCUT2D eigenvalue weighted by molar-refractivity contribution is 5.78. The van der Waals surface area contributed by atoms with Gasteiger partial charge < -0.3 is 14.6 Å². The second-order valence-corrected chi connectivity index (χ2v) is 6.51. The van der Waals surface area contributed by atoms with E-state index in [4.69, 9.17) is 9.26 Å². The van der Waals surface area contributed by atoms with Gasteiger partial charge >= 0.3 is 0 Å². The number of carbonyl (C=O) groups is 1. The molecule has 1 aromatic carbocycles. The Hall–Kier alpha value is -2.30. The number of aryl methyl sites for hydroxylation is 2. The smallest absolute Gasteiger partial charge is 0.224 e. The van der Waals surface area contributed by atoms with Crippen molar-refractivity contribution >= 4 is 5.91 Å². The van der Waals surface area contributed by atoms with E-state index in [1.807, 2.05) is 45.0 Å². The molecule has 5 nitrogen and oxygen atoms in total. The first kappa shape index (κ1) is 18.0. The molecular formula is C19H26N2O3. The van der Waals surface area contributed by atoms with E-state index in [0.717, 1.165) is 28.3 Å². The molecule has 1 atom stereocenters. The minimum atomic E-state index is 0.0422. The van der Waals surface area contributed by atoms with Crippen LogP contribution in [-0.2, 0) is 17.8 Å². The van der Waals surface area contributed by atoms with Gasteiger partial charge in [-0.15, -0.1) is 0 Å². The number of hydrogen-bond donors (Lipinski definition) is 1. The largest absolute Gasteiger partial charge is 0.489 e. The Morgan fingerprint density at radius 3 is 2.42 bits per heavy atom. The second kappa shape index (κ2) is 7.99. The first-order chi connectivity index (χ1) is 11.4. The molecule has 5 heteroatoms. The summed E-state index contributed by atoms with van der Waals surface area (Å²) in [5, 5.41) is 6.92. The van der Waals surface area contributed by atoms with Crippen molar-refractivity contribution in [3.63, 3.8) is 0 Å². The van der Waals surface area contributed by atoms with Crippen LogP contribution in [0.3, 0.4) is 0 Å². The van der Waals surface area contributed by atoms with Crippen LogP contribution in [0.15, 0.2) is 28.8 Å². The monoisotopic (exact) mass is 330 g/mol. The molecule has 1 heterocycles. The molecule has 130 valence electrons. The van der Waals surface area contributed by atoms with Crippen LogP contribution in [0.25, 0.3) is 0 Å². The fourth-order valence-corrected chi connectivity index (χ4v) is 2.22.